The summed E-state index contributed by atoms with van der Waals surface area (Å²) in [5.74, 6) is -0.300. The number of rotatable bonds is 5. The van der Waals surface area contributed by atoms with Crippen molar-refractivity contribution in [2.45, 2.75) is 25.3 Å². The summed E-state index contributed by atoms with van der Waals surface area (Å²) in [5, 5.41) is 8.61. The number of aliphatic carboxylic acids is 1. The smallest absolute Gasteiger partial charge is 0.332 e. The van der Waals surface area contributed by atoms with E-state index < -0.39 is 5.97 Å². The Morgan fingerprint density at radius 1 is 1.37 bits per heavy atom. The lowest BCUT2D eigenvalue weighted by Crippen LogP contribution is -2.31. The Morgan fingerprint density at radius 3 is 2.11 bits per heavy atom. The van der Waals surface area contributed by atoms with Gasteiger partial charge in [0.2, 0.25) is 0 Å². The minimum Gasteiger partial charge on any atom is -0.478 e. The van der Waals surface area contributed by atoms with E-state index in [-0.39, 0.29) is 11.6 Å². The van der Waals surface area contributed by atoms with Crippen molar-refractivity contribution >= 4 is 17.6 Å². The SMILES string of the molecule is C=C(C(=O)O)C(CC)N(C)C.ClCc1ccccc1. The predicted molar refractivity (Wildman–Crippen MR) is 80.5 cm³/mol. The first-order chi connectivity index (χ1) is 8.93. The van der Waals surface area contributed by atoms with Crippen LogP contribution in [0.4, 0.5) is 0 Å². The van der Waals surface area contributed by atoms with Gasteiger partial charge in [-0.15, -0.1) is 11.6 Å². The lowest BCUT2D eigenvalue weighted by atomic mass is 10.1. The summed E-state index contributed by atoms with van der Waals surface area (Å²) in [6.45, 7) is 5.45. The molecule has 1 unspecified atom stereocenters. The first kappa shape index (κ1) is 17.7. The fourth-order valence-corrected chi connectivity index (χ4v) is 1.81. The molecule has 3 nitrogen and oxygen atoms in total. The number of alkyl halides is 1. The second-order valence-corrected chi connectivity index (χ2v) is 4.60. The van der Waals surface area contributed by atoms with Gasteiger partial charge in [-0.25, -0.2) is 4.79 Å². The van der Waals surface area contributed by atoms with Crippen molar-refractivity contribution in [3.63, 3.8) is 0 Å². The molecule has 0 aliphatic rings. The van der Waals surface area contributed by atoms with Crippen LogP contribution in [0.1, 0.15) is 18.9 Å². The molecule has 0 radical (unpaired) electrons. The standard InChI is InChI=1S/C8H15NO2.C7H7Cl/c1-5-7(9(3)4)6(2)8(10)11;8-6-7-4-2-1-3-5-7/h7H,2,5H2,1,3-4H3,(H,10,11);1-5H,6H2. The highest BCUT2D eigenvalue weighted by atomic mass is 35.5. The van der Waals surface area contributed by atoms with Crippen LogP contribution in [0.2, 0.25) is 0 Å². The molecule has 1 aromatic rings. The lowest BCUT2D eigenvalue weighted by molar-refractivity contribution is -0.133. The Labute approximate surface area is 120 Å². The first-order valence-electron chi connectivity index (χ1n) is 6.12. The van der Waals surface area contributed by atoms with Crippen LogP contribution in [0.5, 0.6) is 0 Å². The van der Waals surface area contributed by atoms with Gasteiger partial charge in [-0.3, -0.25) is 0 Å². The molecule has 0 aliphatic heterocycles. The van der Waals surface area contributed by atoms with Crippen molar-refractivity contribution in [2.75, 3.05) is 14.1 Å². The normalized spacial score (nSPS) is 11.4. The molecule has 1 rings (SSSR count). The molecule has 106 valence electrons. The number of nitrogens with zero attached hydrogens (tertiary/aromatic N) is 1. The third-order valence-corrected chi connectivity index (χ3v) is 2.99. The third kappa shape index (κ3) is 6.99. The monoisotopic (exact) mass is 283 g/mol. The van der Waals surface area contributed by atoms with Gasteiger partial charge in [0.25, 0.3) is 0 Å². The zero-order chi connectivity index (χ0) is 14.8. The molecular weight excluding hydrogens is 262 g/mol. The van der Waals surface area contributed by atoms with Crippen molar-refractivity contribution in [3.8, 4) is 0 Å². The number of hydrogen-bond donors (Lipinski definition) is 1. The van der Waals surface area contributed by atoms with E-state index in [9.17, 15) is 4.79 Å². The number of halogens is 1. The van der Waals surface area contributed by atoms with Crippen LogP contribution in [-0.4, -0.2) is 36.1 Å². The number of carboxylic acids is 1. The fourth-order valence-electron chi connectivity index (χ4n) is 1.63. The summed E-state index contributed by atoms with van der Waals surface area (Å²) in [5.41, 5.74) is 1.44. The molecule has 0 saturated heterocycles. The van der Waals surface area contributed by atoms with Crippen LogP contribution in [0.15, 0.2) is 42.5 Å². The summed E-state index contributed by atoms with van der Waals surface area (Å²) in [7, 11) is 3.70. The number of likely N-dealkylation sites (N-methyl/N-ethyl adjacent to an activating group) is 1. The second kappa shape index (κ2) is 9.59. The molecule has 0 aliphatic carbocycles. The molecule has 0 fully saturated rings. The predicted octanol–water partition coefficient (Wildman–Crippen LogP) is 3.39. The van der Waals surface area contributed by atoms with Crippen LogP contribution in [0.25, 0.3) is 0 Å². The Balaban J connectivity index is 0.000000356. The molecule has 4 heteroatoms. The van der Waals surface area contributed by atoms with E-state index in [1.165, 1.54) is 5.56 Å². The lowest BCUT2D eigenvalue weighted by Gasteiger charge is -2.22. The summed E-state index contributed by atoms with van der Waals surface area (Å²) >= 11 is 5.53. The van der Waals surface area contributed by atoms with E-state index in [2.05, 4.69) is 6.58 Å². The largest absolute Gasteiger partial charge is 0.478 e. The highest BCUT2D eigenvalue weighted by molar-refractivity contribution is 6.17. The van der Waals surface area contributed by atoms with Crippen LogP contribution < -0.4 is 0 Å². The van der Waals surface area contributed by atoms with Gasteiger partial charge in [0.15, 0.2) is 0 Å². The van der Waals surface area contributed by atoms with Gasteiger partial charge in [0.1, 0.15) is 0 Å². The van der Waals surface area contributed by atoms with E-state index in [0.29, 0.717) is 5.88 Å². The average molecular weight is 284 g/mol. The molecule has 0 saturated carbocycles. The van der Waals surface area contributed by atoms with Crippen LogP contribution in [0, 0.1) is 0 Å². The number of carbonyl (C=O) groups is 1. The Bertz CT molecular complexity index is 390. The zero-order valence-electron chi connectivity index (χ0n) is 11.8. The number of benzene rings is 1. The van der Waals surface area contributed by atoms with Gasteiger partial charge in [-0.05, 0) is 26.1 Å². The number of carboxylic acid groups (broad SMARTS) is 1. The Kier molecular flexibility index (Phi) is 8.92. The first-order valence-corrected chi connectivity index (χ1v) is 6.65. The van der Waals surface area contributed by atoms with Crippen LogP contribution in [-0.2, 0) is 10.7 Å². The maximum absolute atomic E-state index is 10.5. The zero-order valence-corrected chi connectivity index (χ0v) is 12.5. The van der Waals surface area contributed by atoms with Crippen molar-refractivity contribution in [3.05, 3.63) is 48.0 Å². The van der Waals surface area contributed by atoms with Crippen molar-refractivity contribution < 1.29 is 9.90 Å². The minimum atomic E-state index is -0.912. The van der Waals surface area contributed by atoms with E-state index >= 15 is 0 Å². The summed E-state index contributed by atoms with van der Waals surface area (Å²) < 4.78 is 0. The molecule has 0 bridgehead atoms. The van der Waals surface area contributed by atoms with Crippen LogP contribution in [0.3, 0.4) is 0 Å². The minimum absolute atomic E-state index is 0.0486. The highest BCUT2D eigenvalue weighted by Gasteiger charge is 2.17. The van der Waals surface area contributed by atoms with Gasteiger partial charge in [0.05, 0.1) is 0 Å². The van der Waals surface area contributed by atoms with Crippen molar-refractivity contribution in [1.29, 1.82) is 0 Å². The fraction of sp³-hybridized carbons (Fsp3) is 0.400. The topological polar surface area (TPSA) is 40.5 Å². The third-order valence-electron chi connectivity index (χ3n) is 2.68. The van der Waals surface area contributed by atoms with Gasteiger partial charge >= 0.3 is 5.97 Å². The Morgan fingerprint density at radius 2 is 1.89 bits per heavy atom. The maximum atomic E-state index is 10.5. The van der Waals surface area contributed by atoms with Gasteiger partial charge < -0.3 is 10.0 Å². The Hall–Kier alpha value is -1.32. The van der Waals surface area contributed by atoms with Crippen molar-refractivity contribution in [1.82, 2.24) is 4.90 Å². The molecule has 19 heavy (non-hydrogen) atoms. The van der Waals surface area contributed by atoms with Gasteiger partial charge in [-0.1, -0.05) is 43.8 Å². The molecule has 1 atom stereocenters. The molecule has 0 spiro atoms. The summed E-state index contributed by atoms with van der Waals surface area (Å²) in [6.07, 6.45) is 0.776. The van der Waals surface area contributed by atoms with Gasteiger partial charge in [-0.2, -0.15) is 0 Å². The van der Waals surface area contributed by atoms with Crippen molar-refractivity contribution in [2.24, 2.45) is 0 Å². The molecular formula is C15H22ClNO2. The van der Waals surface area contributed by atoms with Gasteiger partial charge in [0, 0.05) is 17.5 Å². The van der Waals surface area contributed by atoms with E-state index in [1.807, 2.05) is 56.3 Å². The molecule has 1 N–H and O–H groups in total. The molecule has 1 aromatic carbocycles. The van der Waals surface area contributed by atoms with E-state index in [4.69, 9.17) is 16.7 Å². The molecule has 0 amide bonds. The summed E-state index contributed by atoms with van der Waals surface area (Å²) in [4.78, 5) is 12.3. The van der Waals surface area contributed by atoms with Crippen LogP contribution >= 0.6 is 11.6 Å². The highest BCUT2D eigenvalue weighted by Crippen LogP contribution is 2.09. The second-order valence-electron chi connectivity index (χ2n) is 4.34. The number of hydrogen-bond acceptors (Lipinski definition) is 2. The molecule has 0 heterocycles. The average Bonchev–Trinajstić information content (AvgIpc) is 2.40. The maximum Gasteiger partial charge on any atom is 0.332 e. The summed E-state index contributed by atoms with van der Waals surface area (Å²) in [6, 6.07) is 9.92. The van der Waals surface area contributed by atoms with E-state index in [1.54, 1.807) is 0 Å². The molecule has 0 aromatic heterocycles. The van der Waals surface area contributed by atoms with E-state index in [0.717, 1.165) is 6.42 Å². The quantitative estimate of drug-likeness (QED) is 0.665.